The Balaban J connectivity index is 1.71. The molecule has 0 saturated heterocycles. The van der Waals surface area contributed by atoms with E-state index in [2.05, 4.69) is 27.7 Å². The van der Waals surface area contributed by atoms with E-state index in [0.29, 0.717) is 48.5 Å². The lowest BCUT2D eigenvalue weighted by atomic mass is 9.94. The molecule has 12 heteroatoms. The summed E-state index contributed by atoms with van der Waals surface area (Å²) < 4.78 is 125. The molecule has 0 saturated carbocycles. The van der Waals surface area contributed by atoms with E-state index in [1.165, 1.54) is 0 Å². The zero-order valence-electron chi connectivity index (χ0n) is 34.4. The number of fused-ring (bicyclic) bond motifs is 14. The van der Waals surface area contributed by atoms with Gasteiger partial charge in [0.05, 0.1) is 22.8 Å². The summed E-state index contributed by atoms with van der Waals surface area (Å²) in [6, 6.07) is 6.28. The molecule has 0 radical (unpaired) electrons. The fraction of sp³-hybridized carbons (Fsp3) is 0.417. The highest BCUT2D eigenvalue weighted by Crippen LogP contribution is 2.46. The van der Waals surface area contributed by atoms with Crippen LogP contribution in [-0.4, -0.2) is 9.97 Å². The first-order chi connectivity index (χ1) is 28.9. The van der Waals surface area contributed by atoms with Gasteiger partial charge in [0.15, 0.2) is 46.5 Å². The average molecular weight is 869 g/mol. The predicted octanol–water partition coefficient (Wildman–Crippen LogP) is 17.3. The second kappa shape index (κ2) is 18.8. The Kier molecular flexibility index (Phi) is 13.8. The van der Waals surface area contributed by atoms with Crippen molar-refractivity contribution in [1.82, 2.24) is 9.97 Å². The van der Waals surface area contributed by atoms with Crippen molar-refractivity contribution in [1.29, 1.82) is 0 Å². The van der Waals surface area contributed by atoms with Crippen molar-refractivity contribution >= 4 is 85.3 Å². The minimum absolute atomic E-state index is 0.128. The Hall–Kier alpha value is -4.16. The molecule has 0 unspecified atom stereocenters. The second-order valence-corrected chi connectivity index (χ2v) is 17.9. The summed E-state index contributed by atoms with van der Waals surface area (Å²) >= 11 is 1.96. The molecule has 0 aliphatic carbocycles. The van der Waals surface area contributed by atoms with Crippen LogP contribution in [0.15, 0.2) is 24.3 Å². The lowest BCUT2D eigenvalue weighted by molar-refractivity contribution is 0.418. The maximum atomic E-state index is 16.1. The number of hydrogen-bond donors (Lipinski definition) is 0. The van der Waals surface area contributed by atoms with Gasteiger partial charge in [-0.3, -0.25) is 0 Å². The normalized spacial score (nSPS) is 13.3. The van der Waals surface area contributed by atoms with E-state index in [4.69, 9.17) is 9.97 Å². The van der Waals surface area contributed by atoms with E-state index in [-0.39, 0.29) is 18.8 Å². The highest BCUT2D eigenvalue weighted by molar-refractivity contribution is 7.26. The molecule has 2 aromatic carbocycles. The van der Waals surface area contributed by atoms with Gasteiger partial charge in [-0.25, -0.2) is 45.1 Å². The number of unbranched alkanes of at least 4 members (excludes halogenated alkanes) is 8. The molecule has 0 fully saturated rings. The van der Waals surface area contributed by atoms with Gasteiger partial charge in [0, 0.05) is 40.3 Å². The standard InChI is InChI=1S/C48H48F8N2S2/c1-5-9-13-17-25-26(18-14-10-6-2)30-22-34-38-40(44(52)48(56)46(54)42(38)50)36(60-34)24-32-28(20-16-12-8-4)27(19-15-11-7-3)31(58-32)23-35-39-37(33(59-35)21-29(25)57-30)41(49)45(53)47(55)43(39)51/h21-24H,5-20H2,1-4H3. The number of allylic oxidation sites excluding steroid dienone is 4. The summed E-state index contributed by atoms with van der Waals surface area (Å²) in [7, 11) is 0. The van der Waals surface area contributed by atoms with Gasteiger partial charge in [0.25, 0.3) is 0 Å². The van der Waals surface area contributed by atoms with E-state index < -0.39 is 68.1 Å². The van der Waals surface area contributed by atoms with Crippen molar-refractivity contribution in [2.45, 2.75) is 130 Å². The molecule has 2 aliphatic heterocycles. The molecule has 2 aliphatic rings. The maximum Gasteiger partial charge on any atom is 0.198 e. The van der Waals surface area contributed by atoms with Crippen LogP contribution in [0, 0.1) is 46.5 Å². The third kappa shape index (κ3) is 8.15. The smallest absolute Gasteiger partial charge is 0.198 e. The Morgan fingerprint density at radius 3 is 0.750 bits per heavy atom. The van der Waals surface area contributed by atoms with E-state index >= 15 is 35.1 Å². The van der Waals surface area contributed by atoms with E-state index in [0.717, 1.165) is 122 Å². The zero-order valence-corrected chi connectivity index (χ0v) is 36.0. The highest BCUT2D eigenvalue weighted by Gasteiger charge is 2.29. The third-order valence-electron chi connectivity index (χ3n) is 11.6. The lowest BCUT2D eigenvalue weighted by Gasteiger charge is -2.08. The first kappa shape index (κ1) is 43.9. The Bertz CT molecular complexity index is 2350. The highest BCUT2D eigenvalue weighted by atomic mass is 32.1. The molecule has 2 nitrogen and oxygen atoms in total. The molecule has 60 heavy (non-hydrogen) atoms. The molecule has 0 atom stereocenters. The quantitative estimate of drug-likeness (QED) is 0.0427. The van der Waals surface area contributed by atoms with Crippen LogP contribution < -0.4 is 0 Å². The third-order valence-corrected chi connectivity index (χ3v) is 13.8. The summed E-state index contributed by atoms with van der Waals surface area (Å²) in [5.74, 6) is -13.7. The van der Waals surface area contributed by atoms with Crippen molar-refractivity contribution < 1.29 is 35.1 Å². The van der Waals surface area contributed by atoms with Gasteiger partial charge >= 0.3 is 0 Å². The molecule has 0 amide bonds. The van der Waals surface area contributed by atoms with Crippen LogP contribution >= 0.6 is 22.7 Å². The van der Waals surface area contributed by atoms with Crippen molar-refractivity contribution in [3.8, 4) is 0 Å². The van der Waals surface area contributed by atoms with Gasteiger partial charge in [-0.2, -0.15) is 0 Å². The molecule has 0 spiro atoms. The summed E-state index contributed by atoms with van der Waals surface area (Å²) in [6.07, 6.45) is 12.3. The molecule has 7 rings (SSSR count). The summed E-state index contributed by atoms with van der Waals surface area (Å²) in [5, 5.41) is -1.65. The number of halogens is 8. The summed E-state index contributed by atoms with van der Waals surface area (Å²) in [4.78, 5) is 9.97. The van der Waals surface area contributed by atoms with Crippen LogP contribution in [0.4, 0.5) is 35.1 Å². The molecule has 5 aromatic rings. The molecule has 5 heterocycles. The minimum atomic E-state index is -1.92. The number of hydrogen-bond acceptors (Lipinski definition) is 4. The fourth-order valence-electron chi connectivity index (χ4n) is 8.48. The predicted molar refractivity (Wildman–Crippen MR) is 233 cm³/mol. The van der Waals surface area contributed by atoms with E-state index in [1.807, 2.05) is 0 Å². The minimum Gasteiger partial charge on any atom is -0.248 e. The monoisotopic (exact) mass is 868 g/mol. The second-order valence-electron chi connectivity index (χ2n) is 15.8. The van der Waals surface area contributed by atoms with Gasteiger partial charge < -0.3 is 0 Å². The largest absolute Gasteiger partial charge is 0.248 e. The number of aromatic nitrogens is 2. The number of benzene rings is 2. The van der Waals surface area contributed by atoms with Crippen LogP contribution in [0.3, 0.4) is 0 Å². The average Bonchev–Trinajstić information content (AvgIpc) is 3.96. The molecule has 3 aromatic heterocycles. The van der Waals surface area contributed by atoms with Crippen molar-refractivity contribution in [3.63, 3.8) is 0 Å². The molecule has 318 valence electrons. The van der Waals surface area contributed by atoms with Crippen molar-refractivity contribution in [2.24, 2.45) is 0 Å². The molecule has 0 N–H and O–H groups in total. The first-order valence-electron chi connectivity index (χ1n) is 21.3. The van der Waals surface area contributed by atoms with E-state index in [1.54, 1.807) is 24.3 Å². The maximum absolute atomic E-state index is 16.1. The van der Waals surface area contributed by atoms with E-state index in [9.17, 15) is 0 Å². The molecular formula is C48H48F8N2S2. The summed E-state index contributed by atoms with van der Waals surface area (Å²) in [5.41, 5.74) is 4.77. The number of rotatable bonds is 16. The van der Waals surface area contributed by atoms with Gasteiger partial charge in [-0.1, -0.05) is 79.1 Å². The van der Waals surface area contributed by atoms with Crippen molar-refractivity contribution in [3.05, 3.63) is 93.6 Å². The zero-order chi connectivity index (χ0) is 42.8. The lowest BCUT2D eigenvalue weighted by Crippen LogP contribution is -1.96. The first-order valence-corrected chi connectivity index (χ1v) is 22.9. The van der Waals surface area contributed by atoms with Crippen LogP contribution in [0.2, 0.25) is 0 Å². The number of nitrogens with zero attached hydrogens (tertiary/aromatic N) is 2. The molecular weight excluding hydrogens is 821 g/mol. The van der Waals surface area contributed by atoms with Gasteiger partial charge in [-0.05, 0) is 97.9 Å². The fourth-order valence-corrected chi connectivity index (χ4v) is 10.8. The Labute approximate surface area is 353 Å². The number of thiophene rings is 2. The topological polar surface area (TPSA) is 25.8 Å². The summed E-state index contributed by atoms with van der Waals surface area (Å²) in [6.45, 7) is 8.24. The molecule has 8 bridgehead atoms. The van der Waals surface area contributed by atoms with Crippen molar-refractivity contribution in [2.75, 3.05) is 0 Å². The van der Waals surface area contributed by atoms with Gasteiger partial charge in [0.1, 0.15) is 0 Å². The Morgan fingerprint density at radius 2 is 0.550 bits per heavy atom. The van der Waals surface area contributed by atoms with Crippen LogP contribution in [0.5, 0.6) is 0 Å². The van der Waals surface area contributed by atoms with Crippen LogP contribution in [0.25, 0.3) is 62.6 Å². The Morgan fingerprint density at radius 1 is 0.333 bits per heavy atom. The van der Waals surface area contributed by atoms with Gasteiger partial charge in [0.2, 0.25) is 0 Å². The SMILES string of the molecule is CCCCCC1=C(CCCCC)c2cc3sc(cc4nc(cc5sc(cc1n2)c1c(F)c(F)c(F)c(F)c51)C(CCCCC)=C4CCCCC)c1c(F)c(F)c(F)c(F)c31. The van der Waals surface area contributed by atoms with Crippen LogP contribution in [-0.2, 0) is 0 Å². The van der Waals surface area contributed by atoms with Gasteiger partial charge in [-0.15, -0.1) is 22.7 Å². The van der Waals surface area contributed by atoms with Crippen LogP contribution in [0.1, 0.15) is 153 Å².